The zero-order valence-corrected chi connectivity index (χ0v) is 28.6. The van der Waals surface area contributed by atoms with Crippen molar-refractivity contribution in [2.45, 2.75) is 82.4 Å². The number of nitrogens with zero attached hydrogens (tertiary/aromatic N) is 1. The second-order valence-corrected chi connectivity index (χ2v) is 12.7. The normalized spacial score (nSPS) is 14.0. The van der Waals surface area contributed by atoms with E-state index in [-0.39, 0.29) is 48.9 Å². The van der Waals surface area contributed by atoms with Crippen LogP contribution in [-0.2, 0) is 30.3 Å². The van der Waals surface area contributed by atoms with E-state index in [1.54, 1.807) is 0 Å². The Labute approximate surface area is 268 Å². The van der Waals surface area contributed by atoms with E-state index in [1.807, 2.05) is 39.5 Å². The van der Waals surface area contributed by atoms with Gasteiger partial charge in [-0.05, 0) is 70.7 Å². The zero-order chi connectivity index (χ0) is 29.3. The molecule has 2 heterocycles. The molecule has 3 aromatic carbocycles. The number of carbonyl (C=O) groups is 1. The molecule has 0 atom stereocenters. The van der Waals surface area contributed by atoms with Crippen LogP contribution in [0.5, 0.6) is 0 Å². The molecule has 4 aromatic rings. The molecule has 3 nitrogen and oxygen atoms in total. The molecule has 6 rings (SSSR count). The number of aliphatic hydroxyl groups is 1. The van der Waals surface area contributed by atoms with E-state index in [9.17, 15) is 9.90 Å². The third-order valence-electron chi connectivity index (χ3n) is 8.85. The van der Waals surface area contributed by atoms with Gasteiger partial charge in [0, 0.05) is 48.6 Å². The predicted octanol–water partition coefficient (Wildman–Crippen LogP) is 10.3. The Kier molecular flexibility index (Phi) is 10.2. The van der Waals surface area contributed by atoms with E-state index in [0.29, 0.717) is 0 Å². The van der Waals surface area contributed by atoms with Crippen molar-refractivity contribution in [3.8, 4) is 22.4 Å². The molecule has 2 aliphatic rings. The summed E-state index contributed by atoms with van der Waals surface area (Å²) in [5, 5.41) is 10.9. The summed E-state index contributed by atoms with van der Waals surface area (Å²) in [4.78, 5) is 19.3. The van der Waals surface area contributed by atoms with Crippen molar-refractivity contribution in [1.82, 2.24) is 4.98 Å². The summed E-state index contributed by atoms with van der Waals surface area (Å²) in [6.07, 6.45) is 4.91. The minimum Gasteiger partial charge on any atom is -0.512 e. The van der Waals surface area contributed by atoms with E-state index in [1.165, 1.54) is 43.5 Å². The van der Waals surface area contributed by atoms with Crippen LogP contribution in [0.15, 0.2) is 82.3 Å². The number of fused-ring (bicyclic) bond motifs is 3. The summed E-state index contributed by atoms with van der Waals surface area (Å²) in [7, 11) is 0. The molecule has 0 amide bonds. The van der Waals surface area contributed by atoms with E-state index in [4.69, 9.17) is 4.98 Å². The quantitative estimate of drug-likeness (QED) is 0.102. The van der Waals surface area contributed by atoms with Crippen LogP contribution in [0.4, 0.5) is 0 Å². The molecular weight excluding hydrogens is 715 g/mol. The average molecular weight is 755 g/mol. The molecule has 0 unspecified atom stereocenters. The van der Waals surface area contributed by atoms with Gasteiger partial charge < -0.3 is 5.11 Å². The first-order chi connectivity index (χ1) is 19.7. The van der Waals surface area contributed by atoms with Crippen molar-refractivity contribution in [3.05, 3.63) is 89.7 Å². The van der Waals surface area contributed by atoms with E-state index in [2.05, 4.69) is 80.6 Å². The minimum atomic E-state index is 0. The van der Waals surface area contributed by atoms with Crippen molar-refractivity contribution in [2.24, 2.45) is 11.8 Å². The van der Waals surface area contributed by atoms with E-state index < -0.39 is 0 Å². The molecule has 0 saturated heterocycles. The van der Waals surface area contributed by atoms with Gasteiger partial charge in [0.15, 0.2) is 5.78 Å². The van der Waals surface area contributed by atoms with E-state index in [0.717, 1.165) is 42.5 Å². The molecule has 42 heavy (non-hydrogen) atoms. The number of rotatable bonds is 7. The molecule has 1 aliphatic heterocycles. The summed E-state index contributed by atoms with van der Waals surface area (Å²) in [6.45, 7) is 12.7. The first-order valence-electron chi connectivity index (χ1n) is 15.0. The third-order valence-corrected chi connectivity index (χ3v) is 9.94. The summed E-state index contributed by atoms with van der Waals surface area (Å²) < 4.78 is 0. The van der Waals surface area contributed by atoms with Crippen LogP contribution in [0, 0.1) is 17.9 Å². The van der Waals surface area contributed by atoms with Gasteiger partial charge >= 0.3 is 0 Å². The molecule has 0 bridgehead atoms. The number of ketones is 1. The van der Waals surface area contributed by atoms with Crippen LogP contribution < -0.4 is 0 Å². The average Bonchev–Trinajstić information content (AvgIpc) is 3.12. The summed E-state index contributed by atoms with van der Waals surface area (Å²) in [5.74, 6) is 0.547. The summed E-state index contributed by atoms with van der Waals surface area (Å²) >= 11 is 1.84. The second-order valence-electron chi connectivity index (χ2n) is 11.6. The molecule has 1 N–H and O–H groups in total. The van der Waals surface area contributed by atoms with Gasteiger partial charge in [-0.3, -0.25) is 9.78 Å². The monoisotopic (exact) mass is 755 g/mol. The third kappa shape index (κ3) is 5.76. The van der Waals surface area contributed by atoms with Crippen molar-refractivity contribution < 1.29 is 30.0 Å². The van der Waals surface area contributed by atoms with Gasteiger partial charge in [-0.1, -0.05) is 89.2 Å². The van der Waals surface area contributed by atoms with Crippen molar-refractivity contribution in [3.63, 3.8) is 0 Å². The van der Waals surface area contributed by atoms with Crippen molar-refractivity contribution in [2.75, 3.05) is 0 Å². The largest absolute Gasteiger partial charge is 0.512 e. The molecule has 1 radical (unpaired) electrons. The standard InChI is InChI=1S/C24H16NS.C13H24O2.Ir/c1-24(2)16-9-5-8-15-21(16)22-17(24)10-6-12-19(22)26-20-13-14-7-3-4-11-18(14)25-23(15)20;1-5-10(6-2)12(14)9-13(15)11(7-3)8-4;/h3-7,9-13H,1-2H3;9-11,14H,5-8H2,1-4H3;/q-1;;/b;12-9-;. The van der Waals surface area contributed by atoms with Gasteiger partial charge in [0.1, 0.15) is 0 Å². The molecule has 0 saturated carbocycles. The number of pyridine rings is 1. The SMILES string of the molecule is CC1(C)c2cc[c-]c3c2-c2c(cccc21)Sc1cc2ccccc2nc1-3.CCC(CC)C(=O)/C=C(\O)C(CC)CC.[Ir]. The zero-order valence-electron chi connectivity index (χ0n) is 25.4. The first kappa shape index (κ1) is 32.2. The van der Waals surface area contributed by atoms with E-state index >= 15 is 0 Å². The Morgan fingerprint density at radius 3 is 2.26 bits per heavy atom. The molecule has 221 valence electrons. The number of hydrogen-bond acceptors (Lipinski definition) is 4. The van der Waals surface area contributed by atoms with Gasteiger partial charge in [0.2, 0.25) is 0 Å². The Bertz CT molecular complexity index is 1630. The maximum atomic E-state index is 11.7. The molecule has 5 heteroatoms. The second kappa shape index (κ2) is 13.3. The number of allylic oxidation sites excluding steroid dienone is 2. The Morgan fingerprint density at radius 1 is 0.905 bits per heavy atom. The number of aliphatic hydroxyl groups excluding tert-OH is 1. The number of carbonyl (C=O) groups excluding carboxylic acids is 1. The molecule has 0 spiro atoms. The molecule has 0 fully saturated rings. The fourth-order valence-electron chi connectivity index (χ4n) is 6.26. The summed E-state index contributed by atoms with van der Waals surface area (Å²) in [6, 6.07) is 25.2. The topological polar surface area (TPSA) is 50.2 Å². The van der Waals surface area contributed by atoms with Crippen LogP contribution in [0.3, 0.4) is 0 Å². The number of hydrogen-bond donors (Lipinski definition) is 1. The molecule has 1 aromatic heterocycles. The van der Waals surface area contributed by atoms with Crippen LogP contribution in [-0.4, -0.2) is 15.9 Å². The Balaban J connectivity index is 0.000000221. The number of aromatic nitrogens is 1. The van der Waals surface area contributed by atoms with Crippen LogP contribution in [0.25, 0.3) is 33.3 Å². The van der Waals surface area contributed by atoms with Gasteiger partial charge in [-0.15, -0.1) is 29.3 Å². The van der Waals surface area contributed by atoms with Crippen LogP contribution in [0.1, 0.15) is 78.4 Å². The number of para-hydroxylation sites is 1. The van der Waals surface area contributed by atoms with Gasteiger partial charge in [0.05, 0.1) is 11.3 Å². The molecule has 1 aliphatic carbocycles. The van der Waals surface area contributed by atoms with Gasteiger partial charge in [-0.25, -0.2) is 0 Å². The Morgan fingerprint density at radius 2 is 1.57 bits per heavy atom. The van der Waals surface area contributed by atoms with Gasteiger partial charge in [0.25, 0.3) is 0 Å². The van der Waals surface area contributed by atoms with Crippen molar-refractivity contribution in [1.29, 1.82) is 0 Å². The fourth-order valence-corrected chi connectivity index (χ4v) is 7.38. The first-order valence-corrected chi connectivity index (χ1v) is 15.8. The predicted molar refractivity (Wildman–Crippen MR) is 172 cm³/mol. The maximum Gasteiger partial charge on any atom is 0.162 e. The van der Waals surface area contributed by atoms with Crippen LogP contribution in [0.2, 0.25) is 0 Å². The van der Waals surface area contributed by atoms with Crippen LogP contribution >= 0.6 is 11.8 Å². The molecular formula is C37H40IrNO2S-. The minimum absolute atomic E-state index is 0. The Hall–Kier alpha value is -2.72. The number of benzene rings is 3. The fraction of sp³-hybridized carbons (Fsp3) is 0.351. The maximum absolute atomic E-state index is 11.7. The van der Waals surface area contributed by atoms with Crippen molar-refractivity contribution >= 4 is 28.4 Å². The summed E-state index contributed by atoms with van der Waals surface area (Å²) in [5.41, 5.74) is 8.77. The van der Waals surface area contributed by atoms with Gasteiger partial charge in [-0.2, -0.15) is 0 Å². The smallest absolute Gasteiger partial charge is 0.162 e.